The van der Waals surface area contributed by atoms with E-state index < -0.39 is 0 Å². The third kappa shape index (κ3) is 4.39. The van der Waals surface area contributed by atoms with Crippen LogP contribution in [0.15, 0.2) is 24.3 Å². The molecule has 30 heavy (non-hydrogen) atoms. The minimum Gasteiger partial charge on any atom is -0.497 e. The van der Waals surface area contributed by atoms with E-state index in [0.29, 0.717) is 18.9 Å². The van der Waals surface area contributed by atoms with E-state index in [9.17, 15) is 4.79 Å². The lowest BCUT2D eigenvalue weighted by atomic mass is 9.53. The molecule has 5 aliphatic rings. The maximum atomic E-state index is 12.4. The molecule has 4 saturated carbocycles. The Labute approximate surface area is 181 Å². The van der Waals surface area contributed by atoms with Crippen LogP contribution in [0.2, 0.25) is 0 Å². The van der Waals surface area contributed by atoms with E-state index in [2.05, 4.69) is 10.2 Å². The first kappa shape index (κ1) is 20.4. The number of nitrogens with zero attached hydrogens (tertiary/aromatic N) is 1. The van der Waals surface area contributed by atoms with Crippen LogP contribution in [-0.4, -0.2) is 37.0 Å². The lowest BCUT2D eigenvalue weighted by molar-refractivity contribution is -0.121. The number of rotatable bonds is 7. The Kier molecular flexibility index (Phi) is 6.04. The Morgan fingerprint density at radius 3 is 2.63 bits per heavy atom. The zero-order valence-electron chi connectivity index (χ0n) is 18.5. The van der Waals surface area contributed by atoms with Gasteiger partial charge in [0.15, 0.2) is 0 Å². The van der Waals surface area contributed by atoms with Crippen LogP contribution in [0.4, 0.5) is 0 Å². The van der Waals surface area contributed by atoms with Crippen LogP contribution in [0.3, 0.4) is 0 Å². The smallest absolute Gasteiger partial charge is 0.220 e. The highest BCUT2D eigenvalue weighted by atomic mass is 16.5. The summed E-state index contributed by atoms with van der Waals surface area (Å²) in [5.41, 5.74) is 1.09. The van der Waals surface area contributed by atoms with Gasteiger partial charge in [0.05, 0.1) is 7.11 Å². The van der Waals surface area contributed by atoms with Crippen molar-refractivity contribution in [3.05, 3.63) is 29.8 Å². The zero-order chi connectivity index (χ0) is 20.5. The summed E-state index contributed by atoms with van der Waals surface area (Å²) >= 11 is 0. The van der Waals surface area contributed by atoms with Gasteiger partial charge in [-0.1, -0.05) is 12.1 Å². The Morgan fingerprint density at radius 2 is 1.90 bits per heavy atom. The molecule has 1 aliphatic heterocycles. The van der Waals surface area contributed by atoms with Crippen molar-refractivity contribution in [3.8, 4) is 5.75 Å². The summed E-state index contributed by atoms with van der Waals surface area (Å²) in [6, 6.07) is 8.80. The molecule has 0 radical (unpaired) electrons. The average Bonchev–Trinajstić information content (AvgIpc) is 2.76. The van der Waals surface area contributed by atoms with Gasteiger partial charge in [-0.05, 0) is 105 Å². The monoisotopic (exact) mass is 410 g/mol. The molecule has 164 valence electrons. The molecule has 1 aromatic carbocycles. The first-order valence-electron chi connectivity index (χ1n) is 12.3. The van der Waals surface area contributed by atoms with Crippen LogP contribution in [0.1, 0.15) is 63.4 Å². The SMILES string of the molecule is COc1cccc(CNC(=O)CCC2CCCN(C3C4CC5CC(C4)CC3C5)C2)c1. The molecule has 0 spiro atoms. The maximum Gasteiger partial charge on any atom is 0.220 e. The molecule has 1 atom stereocenters. The quantitative estimate of drug-likeness (QED) is 0.713. The van der Waals surface area contributed by atoms with Gasteiger partial charge < -0.3 is 10.1 Å². The van der Waals surface area contributed by atoms with E-state index in [1.54, 1.807) is 7.11 Å². The van der Waals surface area contributed by atoms with Crippen molar-refractivity contribution in [1.82, 2.24) is 10.2 Å². The predicted molar refractivity (Wildman–Crippen MR) is 119 cm³/mol. The molecule has 4 aliphatic carbocycles. The fourth-order valence-corrected chi connectivity index (χ4v) is 7.50. The van der Waals surface area contributed by atoms with Crippen molar-refractivity contribution in [3.63, 3.8) is 0 Å². The average molecular weight is 411 g/mol. The molecule has 1 amide bonds. The third-order valence-electron chi connectivity index (χ3n) is 8.55. The number of benzene rings is 1. The van der Waals surface area contributed by atoms with Gasteiger partial charge in [0.2, 0.25) is 5.91 Å². The van der Waals surface area contributed by atoms with Gasteiger partial charge in [0, 0.05) is 25.6 Å². The Morgan fingerprint density at radius 1 is 1.13 bits per heavy atom. The summed E-state index contributed by atoms with van der Waals surface area (Å²) in [7, 11) is 1.67. The van der Waals surface area contributed by atoms with E-state index in [4.69, 9.17) is 4.74 Å². The summed E-state index contributed by atoms with van der Waals surface area (Å²) in [6.07, 6.45) is 11.9. The van der Waals surface area contributed by atoms with E-state index in [1.165, 1.54) is 58.0 Å². The van der Waals surface area contributed by atoms with Gasteiger partial charge in [0.25, 0.3) is 0 Å². The highest BCUT2D eigenvalue weighted by Crippen LogP contribution is 2.55. The van der Waals surface area contributed by atoms with Gasteiger partial charge in [-0.25, -0.2) is 0 Å². The number of hydrogen-bond acceptors (Lipinski definition) is 3. The van der Waals surface area contributed by atoms with Crippen molar-refractivity contribution >= 4 is 5.91 Å². The van der Waals surface area contributed by atoms with Gasteiger partial charge >= 0.3 is 0 Å². The lowest BCUT2D eigenvalue weighted by Crippen LogP contribution is -2.57. The molecule has 6 rings (SSSR count). The second-order valence-electron chi connectivity index (χ2n) is 10.6. The number of carbonyl (C=O) groups excluding carboxylic acids is 1. The van der Waals surface area contributed by atoms with Crippen molar-refractivity contribution in [2.45, 2.75) is 70.4 Å². The summed E-state index contributed by atoms with van der Waals surface area (Å²) in [5, 5.41) is 3.10. The molecule has 0 aromatic heterocycles. The number of piperidine rings is 1. The van der Waals surface area contributed by atoms with Crippen LogP contribution >= 0.6 is 0 Å². The summed E-state index contributed by atoms with van der Waals surface area (Å²) in [5.74, 6) is 5.78. The number of nitrogens with one attached hydrogen (secondary N) is 1. The number of amides is 1. The highest BCUT2D eigenvalue weighted by Gasteiger charge is 2.50. The van der Waals surface area contributed by atoms with Gasteiger partial charge in [-0.15, -0.1) is 0 Å². The van der Waals surface area contributed by atoms with Crippen molar-refractivity contribution in [1.29, 1.82) is 0 Å². The van der Waals surface area contributed by atoms with E-state index in [-0.39, 0.29) is 5.91 Å². The zero-order valence-corrected chi connectivity index (χ0v) is 18.5. The maximum absolute atomic E-state index is 12.4. The van der Waals surface area contributed by atoms with E-state index in [0.717, 1.165) is 47.4 Å². The predicted octanol–water partition coefficient (Wildman–Crippen LogP) is 4.63. The van der Waals surface area contributed by atoms with Crippen LogP contribution in [0.5, 0.6) is 5.75 Å². The Balaban J connectivity index is 1.09. The molecule has 1 unspecified atom stereocenters. The molecular formula is C26H38N2O2. The Hall–Kier alpha value is -1.55. The first-order valence-corrected chi connectivity index (χ1v) is 12.3. The van der Waals surface area contributed by atoms with E-state index in [1.807, 2.05) is 24.3 Å². The summed E-state index contributed by atoms with van der Waals surface area (Å²) in [4.78, 5) is 15.3. The van der Waals surface area contributed by atoms with Crippen molar-refractivity contribution < 1.29 is 9.53 Å². The summed E-state index contributed by atoms with van der Waals surface area (Å²) < 4.78 is 5.27. The number of ether oxygens (including phenoxy) is 1. The van der Waals surface area contributed by atoms with Gasteiger partial charge in [0.1, 0.15) is 5.75 Å². The molecular weight excluding hydrogens is 372 g/mol. The molecule has 1 aromatic rings. The van der Waals surface area contributed by atoms with Gasteiger partial charge in [-0.3, -0.25) is 9.69 Å². The van der Waals surface area contributed by atoms with Crippen LogP contribution in [0, 0.1) is 29.6 Å². The molecule has 1 heterocycles. The normalized spacial score (nSPS) is 35.4. The van der Waals surface area contributed by atoms with Crippen molar-refractivity contribution in [2.75, 3.05) is 20.2 Å². The topological polar surface area (TPSA) is 41.6 Å². The molecule has 5 fully saturated rings. The van der Waals surface area contributed by atoms with Crippen LogP contribution in [-0.2, 0) is 11.3 Å². The molecule has 4 heteroatoms. The van der Waals surface area contributed by atoms with E-state index >= 15 is 0 Å². The number of methoxy groups -OCH3 is 1. The minimum atomic E-state index is 0.185. The fraction of sp³-hybridized carbons (Fsp3) is 0.731. The molecule has 1 saturated heterocycles. The number of likely N-dealkylation sites (tertiary alicyclic amines) is 1. The molecule has 4 bridgehead atoms. The van der Waals surface area contributed by atoms with Gasteiger partial charge in [-0.2, -0.15) is 0 Å². The Bertz CT molecular complexity index is 720. The second kappa shape index (κ2) is 8.90. The standard InChI is InChI=1S/C26H38N2O2/c1-30-24-6-2-4-19(15-24)16-27-25(29)8-7-18-5-3-9-28(17-18)26-22-11-20-10-21(13-22)14-23(26)12-20/h2,4,6,15,18,20-23,26H,3,5,7-14,16-17H2,1H3,(H,27,29). The first-order chi connectivity index (χ1) is 14.7. The fourth-order valence-electron chi connectivity index (χ4n) is 7.50. The van der Waals surface area contributed by atoms with Crippen LogP contribution < -0.4 is 10.1 Å². The molecule has 1 N–H and O–H groups in total. The minimum absolute atomic E-state index is 0.185. The largest absolute Gasteiger partial charge is 0.497 e. The van der Waals surface area contributed by atoms with Crippen molar-refractivity contribution in [2.24, 2.45) is 29.6 Å². The van der Waals surface area contributed by atoms with Crippen LogP contribution in [0.25, 0.3) is 0 Å². The molecule has 4 nitrogen and oxygen atoms in total. The lowest BCUT2D eigenvalue weighted by Gasteiger charge is -2.58. The highest BCUT2D eigenvalue weighted by molar-refractivity contribution is 5.75. The second-order valence-corrected chi connectivity index (χ2v) is 10.6. The third-order valence-corrected chi connectivity index (χ3v) is 8.55. The summed E-state index contributed by atoms with van der Waals surface area (Å²) in [6.45, 7) is 3.11. The number of hydrogen-bond donors (Lipinski definition) is 1. The number of carbonyl (C=O) groups is 1.